The van der Waals surface area contributed by atoms with E-state index in [9.17, 15) is 18.0 Å². The molecular formula is C24H23N3O5S. The number of imidazole rings is 1. The summed E-state index contributed by atoms with van der Waals surface area (Å²) in [5, 5.41) is 2.75. The average molecular weight is 466 g/mol. The molecule has 1 N–H and O–H groups in total. The summed E-state index contributed by atoms with van der Waals surface area (Å²) in [6.07, 6.45) is 0. The molecule has 33 heavy (non-hydrogen) atoms. The Labute approximate surface area is 191 Å². The first-order chi connectivity index (χ1) is 15.6. The van der Waals surface area contributed by atoms with Crippen molar-refractivity contribution in [1.82, 2.24) is 9.13 Å². The Hall–Kier alpha value is -3.85. The Morgan fingerprint density at radius 1 is 0.939 bits per heavy atom. The van der Waals surface area contributed by atoms with E-state index in [1.54, 1.807) is 51.4 Å². The monoisotopic (exact) mass is 465 g/mol. The minimum absolute atomic E-state index is 0.0370. The van der Waals surface area contributed by atoms with Gasteiger partial charge in [-0.15, -0.1) is 0 Å². The zero-order valence-corrected chi connectivity index (χ0v) is 19.4. The maximum atomic E-state index is 13.6. The predicted molar refractivity (Wildman–Crippen MR) is 126 cm³/mol. The number of fused-ring (bicyclic) bond motifs is 1. The summed E-state index contributed by atoms with van der Waals surface area (Å²) in [6.45, 7) is 1.80. The van der Waals surface area contributed by atoms with Crippen LogP contribution in [0, 0.1) is 6.92 Å². The number of carbonyl (C=O) groups is 1. The smallest absolute Gasteiger partial charge is 0.328 e. The van der Waals surface area contributed by atoms with Crippen molar-refractivity contribution in [2.75, 3.05) is 12.4 Å². The standard InChI is InChI=1S/C24H23N3O5S/c1-15-7-5-6-8-18(15)23(28)25-19-13-20-21(27(3)24(29)26(20)2)14-22(19)33(30,31)17-11-9-16(32-4)10-12-17/h5-14H,1-4H3,(H,25,28). The van der Waals surface area contributed by atoms with Gasteiger partial charge in [0.25, 0.3) is 5.91 Å². The van der Waals surface area contributed by atoms with E-state index in [1.807, 2.05) is 6.07 Å². The molecule has 0 aliphatic carbocycles. The maximum absolute atomic E-state index is 13.6. The molecule has 0 fully saturated rings. The van der Waals surface area contributed by atoms with Crippen molar-refractivity contribution in [1.29, 1.82) is 0 Å². The van der Waals surface area contributed by atoms with Crippen molar-refractivity contribution in [3.63, 3.8) is 0 Å². The molecule has 170 valence electrons. The number of sulfone groups is 1. The molecule has 4 rings (SSSR count). The molecule has 0 atom stereocenters. The van der Waals surface area contributed by atoms with Crippen LogP contribution in [0.2, 0.25) is 0 Å². The molecule has 0 saturated heterocycles. The van der Waals surface area contributed by atoms with E-state index in [-0.39, 0.29) is 21.2 Å². The van der Waals surface area contributed by atoms with E-state index in [1.165, 1.54) is 40.5 Å². The molecule has 1 aromatic heterocycles. The highest BCUT2D eigenvalue weighted by atomic mass is 32.2. The first-order valence-corrected chi connectivity index (χ1v) is 11.6. The zero-order valence-electron chi connectivity index (χ0n) is 18.6. The summed E-state index contributed by atoms with van der Waals surface area (Å²) in [5.74, 6) is 0.0718. The number of aryl methyl sites for hydroxylation is 3. The summed E-state index contributed by atoms with van der Waals surface area (Å²) < 4.78 is 35.1. The van der Waals surface area contributed by atoms with E-state index < -0.39 is 15.7 Å². The Kier molecular flexibility index (Phi) is 5.59. The molecule has 4 aromatic rings. The minimum Gasteiger partial charge on any atom is -0.497 e. The summed E-state index contributed by atoms with van der Waals surface area (Å²) >= 11 is 0. The lowest BCUT2D eigenvalue weighted by Crippen LogP contribution is -2.19. The number of carbonyl (C=O) groups excluding carboxylic acids is 1. The Morgan fingerprint density at radius 3 is 2.15 bits per heavy atom. The first kappa shape index (κ1) is 22.3. The van der Waals surface area contributed by atoms with Gasteiger partial charge in [0.05, 0.1) is 33.6 Å². The van der Waals surface area contributed by atoms with Crippen LogP contribution in [0.5, 0.6) is 5.75 Å². The number of hydrogen-bond acceptors (Lipinski definition) is 5. The van der Waals surface area contributed by atoms with Crippen LogP contribution >= 0.6 is 0 Å². The maximum Gasteiger partial charge on any atom is 0.328 e. The van der Waals surface area contributed by atoms with E-state index in [4.69, 9.17) is 4.74 Å². The number of ether oxygens (including phenoxy) is 1. The molecule has 3 aromatic carbocycles. The van der Waals surface area contributed by atoms with Crippen molar-refractivity contribution in [3.05, 3.63) is 82.3 Å². The fraction of sp³-hybridized carbons (Fsp3) is 0.167. The van der Waals surface area contributed by atoms with E-state index in [0.717, 1.165) is 5.56 Å². The zero-order chi connectivity index (χ0) is 23.9. The summed E-state index contributed by atoms with van der Waals surface area (Å²) in [4.78, 5) is 25.4. The van der Waals surface area contributed by atoms with Crippen LogP contribution in [0.1, 0.15) is 15.9 Å². The fourth-order valence-corrected chi connectivity index (χ4v) is 5.16. The molecule has 8 nitrogen and oxygen atoms in total. The van der Waals surface area contributed by atoms with Crippen LogP contribution in [0.25, 0.3) is 11.0 Å². The van der Waals surface area contributed by atoms with Gasteiger partial charge in [0.15, 0.2) is 0 Å². The number of benzene rings is 3. The molecule has 0 saturated carbocycles. The van der Waals surface area contributed by atoms with Gasteiger partial charge in [-0.25, -0.2) is 13.2 Å². The van der Waals surface area contributed by atoms with Gasteiger partial charge in [-0.05, 0) is 55.0 Å². The highest BCUT2D eigenvalue weighted by molar-refractivity contribution is 7.91. The van der Waals surface area contributed by atoms with Crippen molar-refractivity contribution in [2.24, 2.45) is 14.1 Å². The number of amides is 1. The molecule has 0 unspecified atom stereocenters. The Bertz CT molecular complexity index is 1550. The number of nitrogens with one attached hydrogen (secondary N) is 1. The van der Waals surface area contributed by atoms with Crippen molar-refractivity contribution in [3.8, 4) is 5.75 Å². The van der Waals surface area contributed by atoms with Crippen LogP contribution in [-0.4, -0.2) is 30.6 Å². The molecule has 0 aliphatic heterocycles. The summed E-state index contributed by atoms with van der Waals surface area (Å²) in [7, 11) is 0.615. The Balaban J connectivity index is 1.93. The lowest BCUT2D eigenvalue weighted by atomic mass is 10.1. The molecular weight excluding hydrogens is 442 g/mol. The molecule has 1 heterocycles. The second-order valence-electron chi connectivity index (χ2n) is 7.69. The number of rotatable bonds is 5. The van der Waals surface area contributed by atoms with Gasteiger partial charge in [-0.1, -0.05) is 18.2 Å². The lowest BCUT2D eigenvalue weighted by molar-refractivity contribution is 0.102. The van der Waals surface area contributed by atoms with Gasteiger partial charge in [0.2, 0.25) is 9.84 Å². The molecule has 1 amide bonds. The topological polar surface area (TPSA) is 99.4 Å². The fourth-order valence-electron chi connectivity index (χ4n) is 3.75. The number of nitrogens with zero attached hydrogens (tertiary/aromatic N) is 2. The number of anilines is 1. The second kappa shape index (κ2) is 8.25. The Morgan fingerprint density at radius 2 is 1.55 bits per heavy atom. The lowest BCUT2D eigenvalue weighted by Gasteiger charge is -2.14. The number of hydrogen-bond donors (Lipinski definition) is 1. The van der Waals surface area contributed by atoms with Gasteiger partial charge < -0.3 is 10.1 Å². The van der Waals surface area contributed by atoms with Crippen molar-refractivity contribution >= 4 is 32.5 Å². The minimum atomic E-state index is -4.04. The SMILES string of the molecule is COc1ccc(S(=O)(=O)c2cc3c(cc2NC(=O)c2ccccc2C)n(C)c(=O)n3C)cc1. The van der Waals surface area contributed by atoms with Gasteiger partial charge in [0, 0.05) is 19.7 Å². The quantitative estimate of drug-likeness (QED) is 0.488. The van der Waals surface area contributed by atoms with Crippen molar-refractivity contribution < 1.29 is 17.9 Å². The van der Waals surface area contributed by atoms with Crippen LogP contribution < -0.4 is 15.7 Å². The van der Waals surface area contributed by atoms with Crippen LogP contribution in [0.4, 0.5) is 5.69 Å². The molecule has 0 radical (unpaired) electrons. The van der Waals surface area contributed by atoms with Gasteiger partial charge >= 0.3 is 5.69 Å². The number of methoxy groups -OCH3 is 1. The third-order valence-electron chi connectivity index (χ3n) is 5.67. The van der Waals surface area contributed by atoms with E-state index >= 15 is 0 Å². The molecule has 0 spiro atoms. The number of aromatic nitrogens is 2. The first-order valence-electron chi connectivity index (χ1n) is 10.1. The summed E-state index contributed by atoms with van der Waals surface area (Å²) in [6, 6.07) is 15.9. The van der Waals surface area contributed by atoms with Crippen LogP contribution in [-0.2, 0) is 23.9 Å². The largest absolute Gasteiger partial charge is 0.497 e. The van der Waals surface area contributed by atoms with Gasteiger partial charge in [-0.2, -0.15) is 0 Å². The third kappa shape index (κ3) is 3.80. The molecule has 0 bridgehead atoms. The highest BCUT2D eigenvalue weighted by Gasteiger charge is 2.26. The van der Waals surface area contributed by atoms with Crippen molar-refractivity contribution in [2.45, 2.75) is 16.7 Å². The van der Waals surface area contributed by atoms with Gasteiger partial charge in [-0.3, -0.25) is 13.9 Å². The normalized spacial score (nSPS) is 11.5. The predicted octanol–water partition coefficient (Wildman–Crippen LogP) is 3.28. The second-order valence-corrected chi connectivity index (χ2v) is 9.60. The molecule has 9 heteroatoms. The third-order valence-corrected chi connectivity index (χ3v) is 7.48. The summed E-state index contributed by atoms with van der Waals surface area (Å²) in [5.41, 5.74) is 1.89. The van der Waals surface area contributed by atoms with Crippen LogP contribution in [0.3, 0.4) is 0 Å². The average Bonchev–Trinajstić information content (AvgIpc) is 3.02. The highest BCUT2D eigenvalue weighted by Crippen LogP contribution is 2.33. The molecule has 0 aliphatic rings. The van der Waals surface area contributed by atoms with E-state index in [2.05, 4.69) is 5.32 Å². The van der Waals surface area contributed by atoms with E-state index in [0.29, 0.717) is 22.3 Å². The van der Waals surface area contributed by atoms with Gasteiger partial charge in [0.1, 0.15) is 5.75 Å². The van der Waals surface area contributed by atoms with Crippen LogP contribution in [0.15, 0.2) is 75.2 Å².